The smallest absolute Gasteiger partial charge is 0.189 e. The van der Waals surface area contributed by atoms with Crippen molar-refractivity contribution >= 4 is 17.4 Å². The van der Waals surface area contributed by atoms with E-state index in [0.717, 1.165) is 6.04 Å². The van der Waals surface area contributed by atoms with E-state index in [2.05, 4.69) is 95.4 Å². The van der Waals surface area contributed by atoms with Gasteiger partial charge in [-0.25, -0.2) is 0 Å². The third kappa shape index (κ3) is 4.27. The highest BCUT2D eigenvalue weighted by molar-refractivity contribution is 6.81. The van der Waals surface area contributed by atoms with Crippen LogP contribution >= 0.6 is 0 Å². The van der Waals surface area contributed by atoms with Gasteiger partial charge in [0, 0.05) is 0 Å². The molecule has 2 aromatic carbocycles. The molecule has 0 N–H and O–H groups in total. The molecule has 0 fully saturated rings. The van der Waals surface area contributed by atoms with Gasteiger partial charge in [-0.2, -0.15) is 0 Å². The minimum atomic E-state index is -1.86. The summed E-state index contributed by atoms with van der Waals surface area (Å²) < 4.78 is 6.83. The zero-order valence-electron chi connectivity index (χ0n) is 16.0. The van der Waals surface area contributed by atoms with Crippen LogP contribution in [0.25, 0.3) is 11.1 Å². The predicted molar refractivity (Wildman–Crippen MR) is 111 cm³/mol. The average molecular weight is 357 g/mol. The predicted octanol–water partition coefficient (Wildman–Crippen LogP) is 6.20. The molecule has 2 rings (SSSR count). The number of hydrogen-bond acceptors (Lipinski definition) is 1. The second-order valence-corrected chi connectivity index (χ2v) is 15.2. The SMILES string of the molecule is CC(C)[Si](Cc1ccccc1-c1ccccc1)(O[SiH](C)C)C(C)C. The van der Waals surface area contributed by atoms with Gasteiger partial charge in [-0.1, -0.05) is 82.3 Å². The molecule has 130 valence electrons. The summed E-state index contributed by atoms with van der Waals surface area (Å²) in [6.45, 7) is 14.1. The van der Waals surface area contributed by atoms with Crippen molar-refractivity contribution in [3.8, 4) is 11.1 Å². The first-order valence-corrected chi connectivity index (χ1v) is 14.2. The highest BCUT2D eigenvalue weighted by Gasteiger charge is 2.42. The van der Waals surface area contributed by atoms with Crippen LogP contribution in [0.2, 0.25) is 24.2 Å². The van der Waals surface area contributed by atoms with E-state index in [1.54, 1.807) is 0 Å². The van der Waals surface area contributed by atoms with E-state index in [-0.39, 0.29) is 0 Å². The van der Waals surface area contributed by atoms with Gasteiger partial charge >= 0.3 is 0 Å². The fourth-order valence-corrected chi connectivity index (χ4v) is 12.8. The summed E-state index contributed by atoms with van der Waals surface area (Å²) in [7, 11) is -2.93. The van der Waals surface area contributed by atoms with Crippen molar-refractivity contribution in [2.75, 3.05) is 0 Å². The standard InChI is InChI=1S/C21H32OSi2/c1-17(2)24(18(3)4,22-23(5)6)16-20-14-10-11-15-21(20)19-12-8-7-9-13-19/h7-15,17-18,23H,16H2,1-6H3. The monoisotopic (exact) mass is 356 g/mol. The summed E-state index contributed by atoms with van der Waals surface area (Å²) in [5.41, 5.74) is 5.37. The molecule has 0 amide bonds. The quantitative estimate of drug-likeness (QED) is 0.537. The molecule has 0 spiro atoms. The lowest BCUT2D eigenvalue weighted by atomic mass is 10.0. The van der Waals surface area contributed by atoms with Crippen LogP contribution in [0.3, 0.4) is 0 Å². The molecule has 0 heterocycles. The van der Waals surface area contributed by atoms with Gasteiger partial charge in [0.25, 0.3) is 0 Å². The lowest BCUT2D eigenvalue weighted by molar-refractivity contribution is 0.511. The van der Waals surface area contributed by atoms with E-state index in [4.69, 9.17) is 4.12 Å². The third-order valence-corrected chi connectivity index (χ3v) is 13.5. The Morgan fingerprint density at radius 2 is 1.38 bits per heavy atom. The molecule has 0 aliphatic heterocycles. The Labute approximate surface area is 150 Å². The van der Waals surface area contributed by atoms with E-state index in [9.17, 15) is 0 Å². The molecule has 0 radical (unpaired) electrons. The van der Waals surface area contributed by atoms with Crippen LogP contribution in [0.1, 0.15) is 33.3 Å². The van der Waals surface area contributed by atoms with Crippen molar-refractivity contribution in [3.05, 3.63) is 60.2 Å². The first-order chi connectivity index (χ1) is 11.4. The molecule has 0 saturated heterocycles. The number of hydrogen-bond donors (Lipinski definition) is 0. The largest absolute Gasteiger partial charge is 0.457 e. The van der Waals surface area contributed by atoms with Crippen LogP contribution in [-0.4, -0.2) is 17.4 Å². The van der Waals surface area contributed by atoms with Crippen LogP contribution in [-0.2, 0) is 10.2 Å². The van der Waals surface area contributed by atoms with Gasteiger partial charge in [-0.3, -0.25) is 0 Å². The van der Waals surface area contributed by atoms with Gasteiger partial charge in [0.1, 0.15) is 0 Å². The van der Waals surface area contributed by atoms with Crippen molar-refractivity contribution in [3.63, 3.8) is 0 Å². The van der Waals surface area contributed by atoms with E-state index >= 15 is 0 Å². The molecule has 0 aromatic heterocycles. The average Bonchev–Trinajstić information content (AvgIpc) is 2.54. The van der Waals surface area contributed by atoms with Gasteiger partial charge in [0.15, 0.2) is 17.4 Å². The molecule has 0 aliphatic carbocycles. The van der Waals surface area contributed by atoms with Gasteiger partial charge in [0.05, 0.1) is 0 Å². The van der Waals surface area contributed by atoms with Crippen molar-refractivity contribution in [1.29, 1.82) is 0 Å². The molecule has 0 unspecified atom stereocenters. The second-order valence-electron chi connectivity index (χ2n) is 7.63. The Hall–Kier alpha value is -1.17. The van der Waals surface area contributed by atoms with Crippen LogP contribution in [0.15, 0.2) is 54.6 Å². The van der Waals surface area contributed by atoms with E-state index < -0.39 is 17.4 Å². The fourth-order valence-electron chi connectivity index (χ4n) is 3.70. The van der Waals surface area contributed by atoms with Gasteiger partial charge in [-0.15, -0.1) is 0 Å². The highest BCUT2D eigenvalue weighted by atomic mass is 28.4. The zero-order valence-corrected chi connectivity index (χ0v) is 18.2. The van der Waals surface area contributed by atoms with Gasteiger partial charge in [-0.05, 0) is 46.9 Å². The molecule has 24 heavy (non-hydrogen) atoms. The first-order valence-electron chi connectivity index (χ1n) is 9.18. The summed E-state index contributed by atoms with van der Waals surface area (Å²) in [5.74, 6) is 0. The maximum absolute atomic E-state index is 6.83. The fraction of sp³-hybridized carbons (Fsp3) is 0.429. The Morgan fingerprint density at radius 1 is 0.833 bits per heavy atom. The van der Waals surface area contributed by atoms with Crippen molar-refractivity contribution in [1.82, 2.24) is 0 Å². The van der Waals surface area contributed by atoms with Crippen LogP contribution in [0.5, 0.6) is 0 Å². The summed E-state index contributed by atoms with van der Waals surface area (Å²) >= 11 is 0. The normalized spacial score (nSPS) is 12.4. The first kappa shape index (κ1) is 19.2. The maximum atomic E-state index is 6.83. The van der Waals surface area contributed by atoms with Gasteiger partial charge in [0.2, 0.25) is 0 Å². The molecular formula is C21H32OSi2. The topological polar surface area (TPSA) is 9.23 Å². The van der Waals surface area contributed by atoms with Crippen LogP contribution in [0, 0.1) is 0 Å². The second kappa shape index (κ2) is 8.28. The Morgan fingerprint density at radius 3 is 1.92 bits per heavy atom. The minimum absolute atomic E-state index is 0.622. The van der Waals surface area contributed by atoms with Crippen LogP contribution < -0.4 is 0 Å². The molecule has 1 nitrogen and oxygen atoms in total. The summed E-state index contributed by atoms with van der Waals surface area (Å²) in [6.07, 6.45) is 0. The lowest BCUT2D eigenvalue weighted by Crippen LogP contribution is -2.50. The minimum Gasteiger partial charge on any atom is -0.457 e. The Balaban J connectivity index is 2.47. The van der Waals surface area contributed by atoms with Gasteiger partial charge < -0.3 is 4.12 Å². The zero-order chi connectivity index (χ0) is 17.7. The summed E-state index contributed by atoms with van der Waals surface area (Å²) in [4.78, 5) is 0. The number of benzene rings is 2. The number of rotatable bonds is 7. The summed E-state index contributed by atoms with van der Waals surface area (Å²) in [6, 6.07) is 20.8. The van der Waals surface area contributed by atoms with Crippen molar-refractivity contribution in [2.45, 2.75) is 57.9 Å². The van der Waals surface area contributed by atoms with E-state index in [1.807, 2.05) is 0 Å². The molecule has 0 saturated carbocycles. The lowest BCUT2D eigenvalue weighted by Gasteiger charge is -2.41. The molecule has 0 bridgehead atoms. The highest BCUT2D eigenvalue weighted by Crippen LogP contribution is 2.38. The Kier molecular flexibility index (Phi) is 6.61. The molecule has 2 aromatic rings. The Bertz CT molecular complexity index is 627. The molecule has 0 atom stereocenters. The third-order valence-electron chi connectivity index (χ3n) is 4.98. The molecule has 3 heteroatoms. The molecule has 0 aliphatic rings. The molecular weight excluding hydrogens is 324 g/mol. The van der Waals surface area contributed by atoms with E-state index in [1.165, 1.54) is 16.7 Å². The van der Waals surface area contributed by atoms with Crippen LogP contribution in [0.4, 0.5) is 0 Å². The van der Waals surface area contributed by atoms with Crippen molar-refractivity contribution in [2.24, 2.45) is 0 Å². The maximum Gasteiger partial charge on any atom is 0.189 e. The summed E-state index contributed by atoms with van der Waals surface area (Å²) in [5, 5.41) is 0. The van der Waals surface area contributed by atoms with Crippen molar-refractivity contribution < 1.29 is 4.12 Å². The van der Waals surface area contributed by atoms with E-state index in [0.29, 0.717) is 11.1 Å².